The number of rotatable bonds is 3. The molecule has 0 aromatic heterocycles. The third-order valence-electron chi connectivity index (χ3n) is 2.74. The lowest BCUT2D eigenvalue weighted by Crippen LogP contribution is -2.25. The molecule has 1 heterocycles. The van der Waals surface area contributed by atoms with Gasteiger partial charge in [0.05, 0.1) is 5.25 Å². The molecule has 0 radical (unpaired) electrons. The summed E-state index contributed by atoms with van der Waals surface area (Å²) in [6.45, 7) is 6.16. The Hall–Kier alpha value is -1.75. The number of hydrogen-bond acceptors (Lipinski definition) is 4. The van der Waals surface area contributed by atoms with Gasteiger partial charge in [0.1, 0.15) is 0 Å². The van der Waals surface area contributed by atoms with Crippen LogP contribution < -0.4 is 11.1 Å². The van der Waals surface area contributed by atoms with E-state index in [-0.39, 0.29) is 16.4 Å². The van der Waals surface area contributed by atoms with E-state index < -0.39 is 0 Å². The molecule has 21 heavy (non-hydrogen) atoms. The van der Waals surface area contributed by atoms with Crippen LogP contribution in [0.1, 0.15) is 38.3 Å². The van der Waals surface area contributed by atoms with Gasteiger partial charge >= 0.3 is 0 Å². The molecule has 1 saturated heterocycles. The van der Waals surface area contributed by atoms with E-state index in [4.69, 9.17) is 5.73 Å². The maximum Gasteiger partial charge on any atom is 0.286 e. The molecule has 2 rings (SSSR count). The smallest absolute Gasteiger partial charge is 0.286 e. The summed E-state index contributed by atoms with van der Waals surface area (Å²) in [5, 5.41) is 1.65. The van der Waals surface area contributed by atoms with E-state index in [1.165, 1.54) is 6.42 Å². The van der Waals surface area contributed by atoms with Crippen LogP contribution in [0.5, 0.6) is 0 Å². The lowest BCUT2D eigenvalue weighted by atomic mass is 10.0. The minimum absolute atomic E-state index is 0.223. The SMILES string of the molecule is C/C=C\c1c(N)cccc1CC1SC(=O)NC1=O.CCC. The average Bonchev–Trinajstić information content (AvgIpc) is 2.73. The van der Waals surface area contributed by atoms with Gasteiger partial charge in [-0.05, 0) is 25.0 Å². The molecule has 5 heteroatoms. The summed E-state index contributed by atoms with van der Waals surface area (Å²) in [6, 6.07) is 5.62. The largest absolute Gasteiger partial charge is 0.398 e. The highest BCUT2D eigenvalue weighted by molar-refractivity contribution is 8.15. The number of imide groups is 1. The fourth-order valence-corrected chi connectivity index (χ4v) is 2.75. The minimum Gasteiger partial charge on any atom is -0.398 e. The fourth-order valence-electron chi connectivity index (χ4n) is 1.91. The van der Waals surface area contributed by atoms with Crippen LogP contribution in [0.4, 0.5) is 10.5 Å². The van der Waals surface area contributed by atoms with Gasteiger partial charge in [-0.2, -0.15) is 0 Å². The summed E-state index contributed by atoms with van der Waals surface area (Å²) in [4.78, 5) is 22.7. The topological polar surface area (TPSA) is 72.2 Å². The predicted molar refractivity (Wildman–Crippen MR) is 90.1 cm³/mol. The number of nitrogens with two attached hydrogens (primary N) is 1. The van der Waals surface area contributed by atoms with Crippen LogP contribution in [0.25, 0.3) is 6.08 Å². The van der Waals surface area contributed by atoms with E-state index in [9.17, 15) is 9.59 Å². The number of carbonyl (C=O) groups is 2. The van der Waals surface area contributed by atoms with Gasteiger partial charge in [0.2, 0.25) is 5.91 Å². The Morgan fingerprint density at radius 3 is 2.52 bits per heavy atom. The number of benzene rings is 1. The molecule has 1 aromatic rings. The van der Waals surface area contributed by atoms with Crippen molar-refractivity contribution in [2.75, 3.05) is 5.73 Å². The Kier molecular flexibility index (Phi) is 7.02. The van der Waals surface area contributed by atoms with E-state index in [1.54, 1.807) is 0 Å². The lowest BCUT2D eigenvalue weighted by molar-refractivity contribution is -0.118. The van der Waals surface area contributed by atoms with E-state index in [2.05, 4.69) is 19.2 Å². The van der Waals surface area contributed by atoms with Crippen molar-refractivity contribution in [3.05, 3.63) is 35.4 Å². The molecule has 0 aliphatic carbocycles. The van der Waals surface area contributed by atoms with Crippen LogP contribution >= 0.6 is 11.8 Å². The number of amides is 2. The van der Waals surface area contributed by atoms with Gasteiger partial charge in [0, 0.05) is 11.3 Å². The number of nitrogens with one attached hydrogen (secondary N) is 1. The zero-order chi connectivity index (χ0) is 15.8. The van der Waals surface area contributed by atoms with Crippen molar-refractivity contribution in [2.24, 2.45) is 0 Å². The summed E-state index contributed by atoms with van der Waals surface area (Å²) in [5.41, 5.74) is 8.50. The highest BCUT2D eigenvalue weighted by atomic mass is 32.2. The molecule has 1 atom stereocenters. The summed E-state index contributed by atoms with van der Waals surface area (Å²) in [6.07, 6.45) is 5.58. The Morgan fingerprint density at radius 1 is 1.33 bits per heavy atom. The Balaban J connectivity index is 0.000000677. The number of thioether (sulfide) groups is 1. The van der Waals surface area contributed by atoms with Crippen LogP contribution in [0.15, 0.2) is 24.3 Å². The molecule has 0 bridgehead atoms. The first-order chi connectivity index (χ1) is 10.0. The van der Waals surface area contributed by atoms with E-state index in [0.717, 1.165) is 22.9 Å². The molecule has 2 amide bonds. The third kappa shape index (κ3) is 4.93. The van der Waals surface area contributed by atoms with Crippen molar-refractivity contribution in [2.45, 2.75) is 38.9 Å². The van der Waals surface area contributed by atoms with Crippen molar-refractivity contribution in [3.63, 3.8) is 0 Å². The van der Waals surface area contributed by atoms with Gasteiger partial charge in [0.25, 0.3) is 5.24 Å². The Bertz CT molecular complexity index is 541. The summed E-state index contributed by atoms with van der Waals surface area (Å²) in [7, 11) is 0. The van der Waals surface area contributed by atoms with Crippen molar-refractivity contribution in [3.8, 4) is 0 Å². The first-order valence-electron chi connectivity index (χ1n) is 7.04. The minimum atomic E-state index is -0.358. The van der Waals surface area contributed by atoms with Crippen molar-refractivity contribution >= 4 is 34.7 Å². The highest BCUT2D eigenvalue weighted by Gasteiger charge is 2.31. The van der Waals surface area contributed by atoms with Crippen LogP contribution in [0.3, 0.4) is 0 Å². The second-order valence-corrected chi connectivity index (χ2v) is 5.89. The van der Waals surface area contributed by atoms with Crippen molar-refractivity contribution in [1.82, 2.24) is 5.32 Å². The Labute approximate surface area is 130 Å². The molecule has 1 fully saturated rings. The van der Waals surface area contributed by atoms with Gasteiger partial charge in [-0.25, -0.2) is 0 Å². The third-order valence-corrected chi connectivity index (χ3v) is 3.72. The molecule has 4 nitrogen and oxygen atoms in total. The first-order valence-corrected chi connectivity index (χ1v) is 7.92. The normalized spacial score (nSPS) is 17.6. The monoisotopic (exact) mass is 306 g/mol. The first kappa shape index (κ1) is 17.3. The maximum atomic E-state index is 11.5. The molecule has 1 aromatic carbocycles. The van der Waals surface area contributed by atoms with Gasteiger partial charge < -0.3 is 5.73 Å². The number of anilines is 1. The quantitative estimate of drug-likeness (QED) is 0.837. The van der Waals surface area contributed by atoms with Crippen LogP contribution in [0, 0.1) is 0 Å². The van der Waals surface area contributed by atoms with Crippen molar-refractivity contribution in [1.29, 1.82) is 0 Å². The molecular weight excluding hydrogens is 284 g/mol. The number of carbonyl (C=O) groups excluding carboxylic acids is 2. The van der Waals surface area contributed by atoms with Gasteiger partial charge in [-0.15, -0.1) is 0 Å². The molecular formula is C16H22N2O2S. The lowest BCUT2D eigenvalue weighted by Gasteiger charge is -2.11. The van der Waals surface area contributed by atoms with Crippen LogP contribution in [-0.4, -0.2) is 16.4 Å². The maximum absolute atomic E-state index is 11.5. The average molecular weight is 306 g/mol. The molecule has 0 saturated carbocycles. The van der Waals surface area contributed by atoms with Crippen molar-refractivity contribution < 1.29 is 9.59 Å². The second kappa shape index (κ2) is 8.52. The van der Waals surface area contributed by atoms with E-state index >= 15 is 0 Å². The molecule has 0 spiro atoms. The second-order valence-electron chi connectivity index (χ2n) is 4.71. The zero-order valence-corrected chi connectivity index (χ0v) is 13.5. The number of allylic oxidation sites excluding steroid dienone is 1. The molecule has 114 valence electrons. The predicted octanol–water partition coefficient (Wildman–Crippen LogP) is 3.61. The van der Waals surface area contributed by atoms with Gasteiger partial charge in [-0.1, -0.05) is 56.3 Å². The molecule has 1 aliphatic rings. The molecule has 1 unspecified atom stereocenters. The molecule has 1 aliphatic heterocycles. The van der Waals surface area contributed by atoms with Crippen LogP contribution in [-0.2, 0) is 11.2 Å². The van der Waals surface area contributed by atoms with E-state index in [1.807, 2.05) is 37.3 Å². The fraction of sp³-hybridized carbons (Fsp3) is 0.375. The number of hydrogen-bond donors (Lipinski definition) is 2. The number of nitrogen functional groups attached to an aromatic ring is 1. The van der Waals surface area contributed by atoms with Gasteiger partial charge in [0.15, 0.2) is 0 Å². The summed E-state index contributed by atoms with van der Waals surface area (Å²) >= 11 is 1.04. The van der Waals surface area contributed by atoms with Gasteiger partial charge in [-0.3, -0.25) is 14.9 Å². The summed E-state index contributed by atoms with van der Waals surface area (Å²) < 4.78 is 0. The molecule has 3 N–H and O–H groups in total. The van der Waals surface area contributed by atoms with E-state index in [0.29, 0.717) is 12.1 Å². The van der Waals surface area contributed by atoms with Crippen LogP contribution in [0.2, 0.25) is 0 Å². The Morgan fingerprint density at radius 2 is 2.00 bits per heavy atom. The summed E-state index contributed by atoms with van der Waals surface area (Å²) in [5.74, 6) is -0.223. The standard InChI is InChI=1S/C13H14N2O2S.C3H8/c1-2-4-9-8(5-3-6-10(9)14)7-11-12(16)15-13(17)18-11;1-3-2/h2-6,11H,7,14H2,1H3,(H,15,16,17);3H2,1-2H3/b4-2-;. The highest BCUT2D eigenvalue weighted by Crippen LogP contribution is 2.27. The zero-order valence-electron chi connectivity index (χ0n) is 12.7.